The molecule has 0 radical (unpaired) electrons. The number of fused-ring (bicyclic) bond motifs is 1. The van der Waals surface area contributed by atoms with Crippen LogP contribution in [0.4, 0.5) is 5.69 Å². The summed E-state index contributed by atoms with van der Waals surface area (Å²) in [5, 5.41) is 2.91. The molecule has 0 fully saturated rings. The Labute approximate surface area is 91.4 Å². The third-order valence-electron chi connectivity index (χ3n) is 1.65. The first kappa shape index (κ1) is 10.4. The van der Waals surface area contributed by atoms with E-state index in [1.165, 1.54) is 11.8 Å². The van der Waals surface area contributed by atoms with Crippen molar-refractivity contribution >= 4 is 38.3 Å². The molecule has 14 heavy (non-hydrogen) atoms. The summed E-state index contributed by atoms with van der Waals surface area (Å²) in [7, 11) is -3.00. The highest BCUT2D eigenvalue weighted by Crippen LogP contribution is 2.50. The Morgan fingerprint density at radius 3 is 2.93 bits per heavy atom. The molecule has 0 aliphatic carbocycles. The highest BCUT2D eigenvalue weighted by Gasteiger charge is 2.36. The van der Waals surface area contributed by atoms with E-state index in [-0.39, 0.29) is 0 Å². The molecule has 0 saturated carbocycles. The van der Waals surface area contributed by atoms with E-state index >= 15 is 0 Å². The molecular formula is C7H8NO3PS2. The maximum absolute atomic E-state index is 10.6. The lowest BCUT2D eigenvalue weighted by Gasteiger charge is -2.20. The lowest BCUT2D eigenvalue weighted by atomic mass is 10.3. The smallest absolute Gasteiger partial charge is 0.320 e. The van der Waals surface area contributed by atoms with E-state index < -0.39 is 12.6 Å². The van der Waals surface area contributed by atoms with Gasteiger partial charge in [-0.2, -0.15) is 0 Å². The van der Waals surface area contributed by atoms with Gasteiger partial charge in [-0.15, -0.1) is 12.6 Å². The van der Waals surface area contributed by atoms with Crippen molar-refractivity contribution in [1.29, 1.82) is 0 Å². The van der Waals surface area contributed by atoms with Crippen LogP contribution in [-0.2, 0) is 9.09 Å². The number of hydrogen-bond acceptors (Lipinski definition) is 5. The van der Waals surface area contributed by atoms with Crippen LogP contribution in [0.2, 0.25) is 0 Å². The molecule has 0 aromatic heterocycles. The van der Waals surface area contributed by atoms with Gasteiger partial charge in [0.25, 0.3) is 0 Å². The van der Waals surface area contributed by atoms with Gasteiger partial charge >= 0.3 is 8.25 Å². The Bertz CT molecular complexity index is 362. The molecule has 0 spiro atoms. The Morgan fingerprint density at radius 2 is 2.29 bits per heavy atom. The van der Waals surface area contributed by atoms with Crippen LogP contribution in [0.5, 0.6) is 0 Å². The molecule has 7 heteroatoms. The molecule has 0 bridgehead atoms. The molecule has 2 atom stereocenters. The monoisotopic (exact) mass is 249 g/mol. The number of thioether (sulfide) groups is 1. The zero-order valence-corrected chi connectivity index (χ0v) is 9.64. The van der Waals surface area contributed by atoms with Gasteiger partial charge in [-0.3, -0.25) is 9.09 Å². The summed E-state index contributed by atoms with van der Waals surface area (Å²) < 4.78 is 14.2. The second kappa shape index (κ2) is 3.79. The van der Waals surface area contributed by atoms with Gasteiger partial charge in [-0.1, -0.05) is 23.9 Å². The van der Waals surface area contributed by atoms with Crippen molar-refractivity contribution < 1.29 is 14.0 Å². The minimum Gasteiger partial charge on any atom is -0.339 e. The number of hydrogen-bond donors (Lipinski definition) is 3. The molecule has 2 unspecified atom stereocenters. The molecule has 4 nitrogen and oxygen atoms in total. The normalized spacial score (nSPS) is 26.7. The van der Waals surface area contributed by atoms with Crippen molar-refractivity contribution in [1.82, 2.24) is 0 Å². The highest BCUT2D eigenvalue weighted by molar-refractivity contribution is 8.12. The Hall–Kier alpha value is -0.130. The molecule has 2 rings (SSSR count). The fraction of sp³-hybridized carbons (Fsp3) is 0.143. The summed E-state index contributed by atoms with van der Waals surface area (Å²) in [4.78, 5) is 9.63. The predicted molar refractivity (Wildman–Crippen MR) is 59.9 cm³/mol. The van der Waals surface area contributed by atoms with Gasteiger partial charge in [-0.05, 0) is 12.1 Å². The fourth-order valence-electron chi connectivity index (χ4n) is 1.17. The van der Waals surface area contributed by atoms with Crippen LogP contribution in [-0.4, -0.2) is 9.28 Å². The zero-order valence-electron chi connectivity index (χ0n) is 6.93. The molecule has 1 aromatic carbocycles. The first-order chi connectivity index (χ1) is 6.59. The van der Waals surface area contributed by atoms with Crippen LogP contribution in [0.3, 0.4) is 0 Å². The molecule has 1 heterocycles. The largest absolute Gasteiger partial charge is 0.339 e. The molecular weight excluding hydrogens is 241 g/mol. The number of benzene rings is 1. The summed E-state index contributed by atoms with van der Waals surface area (Å²) in [6, 6.07) is 7.50. The Morgan fingerprint density at radius 1 is 1.57 bits per heavy atom. The SMILES string of the molecule is O=[PH](O)OC1(S)Nc2ccccc2S1. The molecule has 1 aliphatic rings. The van der Waals surface area contributed by atoms with E-state index in [9.17, 15) is 4.57 Å². The third kappa shape index (κ3) is 2.10. The second-order valence-corrected chi connectivity index (χ2v) is 5.56. The van der Waals surface area contributed by atoms with Gasteiger partial charge in [0.2, 0.25) is 4.39 Å². The molecule has 76 valence electrons. The van der Waals surface area contributed by atoms with Gasteiger partial charge in [0.05, 0.1) is 5.69 Å². The maximum atomic E-state index is 10.6. The fourth-order valence-corrected chi connectivity index (χ4v) is 3.32. The number of anilines is 1. The zero-order chi connectivity index (χ0) is 10.2. The van der Waals surface area contributed by atoms with Gasteiger partial charge in [0.15, 0.2) is 0 Å². The Balaban J connectivity index is 2.21. The van der Waals surface area contributed by atoms with Crippen molar-refractivity contribution in [2.24, 2.45) is 0 Å². The first-order valence-electron chi connectivity index (χ1n) is 3.80. The summed E-state index contributed by atoms with van der Waals surface area (Å²) in [6.07, 6.45) is 0. The van der Waals surface area contributed by atoms with Crippen LogP contribution in [0, 0.1) is 0 Å². The van der Waals surface area contributed by atoms with Crippen LogP contribution < -0.4 is 5.32 Å². The third-order valence-corrected chi connectivity index (χ3v) is 3.97. The van der Waals surface area contributed by atoms with E-state index in [1.807, 2.05) is 24.3 Å². The quantitative estimate of drug-likeness (QED) is 0.426. The summed E-state index contributed by atoms with van der Waals surface area (Å²) >= 11 is 5.42. The van der Waals surface area contributed by atoms with E-state index in [0.717, 1.165) is 10.6 Å². The minimum atomic E-state index is -3.00. The molecule has 0 amide bonds. The van der Waals surface area contributed by atoms with Crippen LogP contribution in [0.1, 0.15) is 0 Å². The average Bonchev–Trinajstić information content (AvgIpc) is 2.38. The molecule has 0 saturated heterocycles. The minimum absolute atomic E-state index is 0.857. The van der Waals surface area contributed by atoms with E-state index in [1.54, 1.807) is 0 Å². The predicted octanol–water partition coefficient (Wildman–Crippen LogP) is 2.14. The van der Waals surface area contributed by atoms with Crippen LogP contribution in [0.25, 0.3) is 0 Å². The Kier molecular flexibility index (Phi) is 2.81. The van der Waals surface area contributed by atoms with Crippen molar-refractivity contribution in [3.63, 3.8) is 0 Å². The van der Waals surface area contributed by atoms with Crippen LogP contribution >= 0.6 is 32.6 Å². The van der Waals surface area contributed by atoms with Crippen molar-refractivity contribution in [2.45, 2.75) is 9.28 Å². The van der Waals surface area contributed by atoms with Crippen LogP contribution in [0.15, 0.2) is 29.2 Å². The summed E-state index contributed by atoms with van der Waals surface area (Å²) in [5.41, 5.74) is 0.857. The number of nitrogens with one attached hydrogen (secondary N) is 1. The van der Waals surface area contributed by atoms with Crippen molar-refractivity contribution in [2.75, 3.05) is 5.32 Å². The van der Waals surface area contributed by atoms with Gasteiger partial charge in [-0.25, -0.2) is 0 Å². The van der Waals surface area contributed by atoms with Gasteiger partial charge < -0.3 is 10.2 Å². The molecule has 2 N–H and O–H groups in total. The van der Waals surface area contributed by atoms with Gasteiger partial charge in [0.1, 0.15) is 0 Å². The maximum Gasteiger partial charge on any atom is 0.320 e. The average molecular weight is 249 g/mol. The molecule has 1 aliphatic heterocycles. The summed E-state index contributed by atoms with van der Waals surface area (Å²) in [5.74, 6) is 0. The highest BCUT2D eigenvalue weighted by atomic mass is 32.2. The summed E-state index contributed by atoms with van der Waals surface area (Å²) in [6.45, 7) is 0. The van der Waals surface area contributed by atoms with E-state index in [2.05, 4.69) is 17.9 Å². The number of thiol groups is 1. The van der Waals surface area contributed by atoms with Gasteiger partial charge in [0, 0.05) is 4.90 Å². The number of rotatable bonds is 2. The van der Waals surface area contributed by atoms with Crippen molar-refractivity contribution in [3.8, 4) is 0 Å². The lowest BCUT2D eigenvalue weighted by molar-refractivity contribution is 0.260. The topological polar surface area (TPSA) is 58.6 Å². The first-order valence-corrected chi connectivity index (χ1v) is 6.32. The number of para-hydroxylation sites is 1. The molecule has 1 aromatic rings. The lowest BCUT2D eigenvalue weighted by Crippen LogP contribution is -2.24. The van der Waals surface area contributed by atoms with E-state index in [0.29, 0.717) is 0 Å². The van der Waals surface area contributed by atoms with Crippen molar-refractivity contribution in [3.05, 3.63) is 24.3 Å². The second-order valence-electron chi connectivity index (χ2n) is 2.67. The van der Waals surface area contributed by atoms with E-state index in [4.69, 9.17) is 9.42 Å². The standard InChI is InChI=1S/C7H8NO3PS2/c9-12(10)11-7(13)8-5-3-1-2-4-6(5)14-7/h1-4,8,12-13H,(H,9,10).